The highest BCUT2D eigenvalue weighted by Crippen LogP contribution is 2.22. The predicted molar refractivity (Wildman–Crippen MR) is 130 cm³/mol. The van der Waals surface area contributed by atoms with E-state index in [1.54, 1.807) is 7.11 Å². The summed E-state index contributed by atoms with van der Waals surface area (Å²) >= 11 is 3.43. The first-order valence-electron chi connectivity index (χ1n) is 11.3. The molecule has 1 aromatic heterocycles. The molecule has 7 nitrogen and oxygen atoms in total. The normalized spacial score (nSPS) is 14.8. The second kappa shape index (κ2) is 11.4. The average molecular weight is 513 g/mol. The highest BCUT2D eigenvalue weighted by Gasteiger charge is 2.25. The summed E-state index contributed by atoms with van der Waals surface area (Å²) in [6.45, 7) is 3.01. The summed E-state index contributed by atoms with van der Waals surface area (Å²) in [4.78, 5) is 19.3. The second-order valence-electron chi connectivity index (χ2n) is 8.31. The Hall–Kier alpha value is -2.71. The molecule has 0 bridgehead atoms. The number of carbonyl (C=O) groups is 1. The van der Waals surface area contributed by atoms with Crippen LogP contribution in [-0.4, -0.2) is 47.7 Å². The third-order valence-electron chi connectivity index (χ3n) is 5.99. The number of methoxy groups -OCH3 is 1. The number of ether oxygens (including phenoxy) is 1. The molecule has 1 amide bonds. The molecule has 0 atom stereocenters. The van der Waals surface area contributed by atoms with E-state index >= 15 is 0 Å². The lowest BCUT2D eigenvalue weighted by Gasteiger charge is -2.30. The standard InChI is InChI=1S/C25H29BrN4O3/c1-32-22-10-4-18(5-11-22)3-2-14-27-25(31)20-12-15-30(16-13-20)17-23-28-24(29-33-23)19-6-8-21(26)9-7-19/h4-11,20H,2-3,12-17H2,1H3,(H,27,31). The molecule has 0 unspecified atom stereocenters. The second-order valence-corrected chi connectivity index (χ2v) is 9.23. The summed E-state index contributed by atoms with van der Waals surface area (Å²) in [7, 11) is 1.67. The summed E-state index contributed by atoms with van der Waals surface area (Å²) < 4.78 is 11.6. The van der Waals surface area contributed by atoms with Crippen molar-refractivity contribution >= 4 is 21.8 Å². The van der Waals surface area contributed by atoms with Crippen LogP contribution < -0.4 is 10.1 Å². The highest BCUT2D eigenvalue weighted by molar-refractivity contribution is 9.10. The van der Waals surface area contributed by atoms with Crippen LogP contribution in [0.3, 0.4) is 0 Å². The maximum atomic E-state index is 12.6. The van der Waals surface area contributed by atoms with E-state index in [1.807, 2.05) is 36.4 Å². The number of aryl methyl sites for hydroxylation is 1. The number of piperidine rings is 1. The first-order valence-corrected chi connectivity index (χ1v) is 12.1. The number of carbonyl (C=O) groups excluding carboxylic acids is 1. The molecule has 2 aromatic carbocycles. The maximum Gasteiger partial charge on any atom is 0.241 e. The number of hydrogen-bond donors (Lipinski definition) is 1. The van der Waals surface area contributed by atoms with Crippen LogP contribution in [0.2, 0.25) is 0 Å². The number of nitrogens with one attached hydrogen (secondary N) is 1. The zero-order chi connectivity index (χ0) is 23.0. The fourth-order valence-electron chi connectivity index (χ4n) is 4.02. The van der Waals surface area contributed by atoms with Gasteiger partial charge in [0.1, 0.15) is 5.75 Å². The van der Waals surface area contributed by atoms with E-state index < -0.39 is 0 Å². The Kier molecular flexibility index (Phi) is 8.12. The van der Waals surface area contributed by atoms with Crippen molar-refractivity contribution in [3.8, 4) is 17.1 Å². The van der Waals surface area contributed by atoms with Crippen LogP contribution in [0.15, 0.2) is 57.5 Å². The number of benzene rings is 2. The molecule has 1 saturated heterocycles. The van der Waals surface area contributed by atoms with Crippen molar-refractivity contribution in [2.24, 2.45) is 5.92 Å². The van der Waals surface area contributed by atoms with Gasteiger partial charge in [-0.05, 0) is 80.7 Å². The van der Waals surface area contributed by atoms with Gasteiger partial charge in [0.15, 0.2) is 0 Å². The molecule has 1 N–H and O–H groups in total. The van der Waals surface area contributed by atoms with E-state index in [4.69, 9.17) is 9.26 Å². The molecule has 0 radical (unpaired) electrons. The minimum Gasteiger partial charge on any atom is -0.497 e. The Balaban J connectivity index is 1.16. The van der Waals surface area contributed by atoms with Crippen LogP contribution in [0.5, 0.6) is 5.75 Å². The Bertz CT molecular complexity index is 1030. The quantitative estimate of drug-likeness (QED) is 0.426. The van der Waals surface area contributed by atoms with Crippen molar-refractivity contribution in [2.75, 3.05) is 26.7 Å². The third-order valence-corrected chi connectivity index (χ3v) is 6.52. The van der Waals surface area contributed by atoms with Gasteiger partial charge in [-0.1, -0.05) is 33.2 Å². The van der Waals surface area contributed by atoms with Crippen LogP contribution in [0.25, 0.3) is 11.4 Å². The van der Waals surface area contributed by atoms with E-state index in [2.05, 4.69) is 48.4 Å². The monoisotopic (exact) mass is 512 g/mol. The summed E-state index contributed by atoms with van der Waals surface area (Å²) in [5.74, 6) is 2.31. The molecule has 1 aliphatic rings. The van der Waals surface area contributed by atoms with E-state index in [9.17, 15) is 4.79 Å². The molecular formula is C25H29BrN4O3. The molecule has 1 aliphatic heterocycles. The van der Waals surface area contributed by atoms with Crippen LogP contribution in [-0.2, 0) is 17.8 Å². The SMILES string of the molecule is COc1ccc(CCCNC(=O)C2CCN(Cc3nc(-c4ccc(Br)cc4)no3)CC2)cc1. The smallest absolute Gasteiger partial charge is 0.241 e. The lowest BCUT2D eigenvalue weighted by molar-refractivity contribution is -0.126. The third kappa shape index (κ3) is 6.65. The molecule has 0 spiro atoms. The van der Waals surface area contributed by atoms with Crippen molar-refractivity contribution in [1.29, 1.82) is 0 Å². The zero-order valence-electron chi connectivity index (χ0n) is 18.8. The number of halogens is 1. The summed E-state index contributed by atoms with van der Waals surface area (Å²) in [6, 6.07) is 15.9. The highest BCUT2D eigenvalue weighted by atomic mass is 79.9. The molecule has 2 heterocycles. The number of likely N-dealkylation sites (tertiary alicyclic amines) is 1. The van der Waals surface area contributed by atoms with Crippen LogP contribution in [0.1, 0.15) is 30.7 Å². The molecule has 1 fully saturated rings. The van der Waals surface area contributed by atoms with Gasteiger partial charge in [-0.3, -0.25) is 9.69 Å². The van der Waals surface area contributed by atoms with Gasteiger partial charge in [-0.25, -0.2) is 0 Å². The van der Waals surface area contributed by atoms with Crippen molar-refractivity contribution in [3.05, 3.63) is 64.5 Å². The molecule has 4 rings (SSSR count). The van der Waals surface area contributed by atoms with Gasteiger partial charge in [0.2, 0.25) is 17.6 Å². The van der Waals surface area contributed by atoms with E-state index in [0.29, 0.717) is 24.8 Å². The van der Waals surface area contributed by atoms with Crippen molar-refractivity contribution < 1.29 is 14.1 Å². The van der Waals surface area contributed by atoms with Crippen molar-refractivity contribution in [3.63, 3.8) is 0 Å². The van der Waals surface area contributed by atoms with Crippen molar-refractivity contribution in [2.45, 2.75) is 32.2 Å². The van der Waals surface area contributed by atoms with Crippen LogP contribution in [0.4, 0.5) is 0 Å². The number of rotatable bonds is 9. The summed E-state index contributed by atoms with van der Waals surface area (Å²) in [5.41, 5.74) is 2.18. The Labute approximate surface area is 202 Å². The molecule has 3 aromatic rings. The minimum absolute atomic E-state index is 0.0725. The molecule has 0 aliphatic carbocycles. The largest absolute Gasteiger partial charge is 0.497 e. The lowest BCUT2D eigenvalue weighted by Crippen LogP contribution is -2.40. The lowest BCUT2D eigenvalue weighted by atomic mass is 9.96. The van der Waals surface area contributed by atoms with Gasteiger partial charge in [-0.2, -0.15) is 4.98 Å². The number of hydrogen-bond acceptors (Lipinski definition) is 6. The predicted octanol–water partition coefficient (Wildman–Crippen LogP) is 4.47. The molecule has 8 heteroatoms. The summed E-state index contributed by atoms with van der Waals surface area (Å²) in [5, 5.41) is 7.21. The van der Waals surface area contributed by atoms with Gasteiger partial charge >= 0.3 is 0 Å². The molecule has 0 saturated carbocycles. The number of aromatic nitrogens is 2. The van der Waals surface area contributed by atoms with E-state index in [-0.39, 0.29) is 11.8 Å². The first-order chi connectivity index (χ1) is 16.1. The van der Waals surface area contributed by atoms with Crippen molar-refractivity contribution in [1.82, 2.24) is 20.4 Å². The van der Waals surface area contributed by atoms with Gasteiger partial charge in [0, 0.05) is 22.5 Å². The van der Waals surface area contributed by atoms with Gasteiger partial charge in [-0.15, -0.1) is 0 Å². The Morgan fingerprint density at radius 2 is 1.88 bits per heavy atom. The van der Waals surface area contributed by atoms with Crippen LogP contribution in [0, 0.1) is 5.92 Å². The van der Waals surface area contributed by atoms with Gasteiger partial charge in [0.05, 0.1) is 13.7 Å². The fraction of sp³-hybridized carbons (Fsp3) is 0.400. The zero-order valence-corrected chi connectivity index (χ0v) is 20.4. The van der Waals surface area contributed by atoms with E-state index in [1.165, 1.54) is 5.56 Å². The van der Waals surface area contributed by atoms with E-state index in [0.717, 1.165) is 54.6 Å². The minimum atomic E-state index is 0.0725. The molecule has 174 valence electrons. The van der Waals surface area contributed by atoms with Gasteiger partial charge in [0.25, 0.3) is 0 Å². The van der Waals surface area contributed by atoms with Gasteiger partial charge < -0.3 is 14.6 Å². The first kappa shape index (κ1) is 23.4. The number of amides is 1. The Morgan fingerprint density at radius 1 is 1.15 bits per heavy atom. The maximum absolute atomic E-state index is 12.6. The van der Waals surface area contributed by atoms with Crippen LogP contribution >= 0.6 is 15.9 Å². The molecular weight excluding hydrogens is 484 g/mol. The fourth-order valence-corrected chi connectivity index (χ4v) is 4.28. The average Bonchev–Trinajstić information content (AvgIpc) is 3.31. The summed E-state index contributed by atoms with van der Waals surface area (Å²) in [6.07, 6.45) is 3.56. The topological polar surface area (TPSA) is 80.5 Å². The Morgan fingerprint density at radius 3 is 2.58 bits per heavy atom. The molecule has 33 heavy (non-hydrogen) atoms. The number of nitrogens with zero attached hydrogens (tertiary/aromatic N) is 3.